The molecule has 2 bridgehead atoms. The average Bonchev–Trinajstić information content (AvgIpc) is 2.54. The zero-order valence-electron chi connectivity index (χ0n) is 13.5. The van der Waals surface area contributed by atoms with Crippen LogP contribution in [0.1, 0.15) is 13.3 Å². The summed E-state index contributed by atoms with van der Waals surface area (Å²) in [5.41, 5.74) is -1.33. The second-order valence-corrected chi connectivity index (χ2v) is 5.49. The Balaban J connectivity index is 2.52. The van der Waals surface area contributed by atoms with Crippen LogP contribution in [0.4, 0.5) is 0 Å². The number of hydrogen-bond acceptors (Lipinski definition) is 7. The molecule has 1 saturated carbocycles. The molecule has 0 N–H and O–H groups in total. The van der Waals surface area contributed by atoms with Gasteiger partial charge in [0.15, 0.2) is 0 Å². The highest BCUT2D eigenvalue weighted by Gasteiger charge is 2.65. The maximum atomic E-state index is 13.1. The predicted molar refractivity (Wildman–Crippen MR) is 78.1 cm³/mol. The number of carbonyl (C=O) groups is 3. The first kappa shape index (κ1) is 17.4. The minimum absolute atomic E-state index is 0.342. The van der Waals surface area contributed by atoms with Gasteiger partial charge in [-0.15, -0.1) is 0 Å². The maximum absolute atomic E-state index is 13.1. The number of rotatable bonds is 5. The van der Waals surface area contributed by atoms with E-state index < -0.39 is 35.0 Å². The zero-order valence-corrected chi connectivity index (χ0v) is 13.5. The van der Waals surface area contributed by atoms with Gasteiger partial charge in [-0.2, -0.15) is 0 Å². The van der Waals surface area contributed by atoms with Gasteiger partial charge in [-0.25, -0.2) is 4.79 Å². The summed E-state index contributed by atoms with van der Waals surface area (Å²) < 4.78 is 20.6. The number of hydrogen-bond donors (Lipinski definition) is 0. The van der Waals surface area contributed by atoms with E-state index in [0.29, 0.717) is 6.42 Å². The lowest BCUT2D eigenvalue weighted by molar-refractivity contribution is -0.250. The van der Waals surface area contributed by atoms with Crippen LogP contribution in [-0.2, 0) is 33.3 Å². The summed E-state index contributed by atoms with van der Waals surface area (Å²) in [6.07, 6.45) is 5.55. The third-order valence-electron chi connectivity index (χ3n) is 4.41. The summed E-state index contributed by atoms with van der Waals surface area (Å²) in [7, 11) is 4.00. The van der Waals surface area contributed by atoms with E-state index in [9.17, 15) is 14.4 Å². The molecule has 7 nitrogen and oxygen atoms in total. The van der Waals surface area contributed by atoms with Gasteiger partial charge in [0.1, 0.15) is 11.5 Å². The van der Waals surface area contributed by atoms with E-state index in [2.05, 4.69) is 4.74 Å². The van der Waals surface area contributed by atoms with Crippen LogP contribution in [0, 0.1) is 11.3 Å². The van der Waals surface area contributed by atoms with Crippen molar-refractivity contribution in [3.8, 4) is 0 Å². The number of ether oxygens (including phenoxy) is 4. The number of esters is 2. The molecule has 0 unspecified atom stereocenters. The normalized spacial score (nSPS) is 31.4. The molecule has 0 heterocycles. The fourth-order valence-electron chi connectivity index (χ4n) is 3.29. The second kappa shape index (κ2) is 6.25. The molecule has 1 fully saturated rings. The van der Waals surface area contributed by atoms with Crippen LogP contribution in [0.25, 0.3) is 0 Å². The third-order valence-corrected chi connectivity index (χ3v) is 4.41. The Labute approximate surface area is 134 Å². The summed E-state index contributed by atoms with van der Waals surface area (Å²) in [5, 5.41) is 0. The minimum atomic E-state index is -1.47. The topological polar surface area (TPSA) is 88.1 Å². The van der Waals surface area contributed by atoms with Gasteiger partial charge < -0.3 is 18.9 Å². The molecule has 23 heavy (non-hydrogen) atoms. The van der Waals surface area contributed by atoms with Crippen molar-refractivity contribution in [2.24, 2.45) is 11.3 Å². The zero-order chi connectivity index (χ0) is 17.3. The summed E-state index contributed by atoms with van der Waals surface area (Å²) >= 11 is 0. The average molecular weight is 324 g/mol. The van der Waals surface area contributed by atoms with Crippen molar-refractivity contribution in [2.75, 3.05) is 21.3 Å². The predicted octanol–water partition coefficient (Wildman–Crippen LogP) is 0.782. The van der Waals surface area contributed by atoms with Crippen molar-refractivity contribution in [3.63, 3.8) is 0 Å². The van der Waals surface area contributed by atoms with Crippen molar-refractivity contribution < 1.29 is 33.3 Å². The van der Waals surface area contributed by atoms with Crippen LogP contribution in [0.2, 0.25) is 0 Å². The first-order valence-corrected chi connectivity index (χ1v) is 7.15. The van der Waals surface area contributed by atoms with Gasteiger partial charge in [0.25, 0.3) is 0 Å². The first-order chi connectivity index (χ1) is 10.9. The van der Waals surface area contributed by atoms with Crippen LogP contribution in [0.15, 0.2) is 24.3 Å². The number of fused-ring (bicyclic) bond motifs is 2. The highest BCUT2D eigenvalue weighted by Crippen LogP contribution is 2.52. The molecule has 0 aromatic rings. The van der Waals surface area contributed by atoms with E-state index in [4.69, 9.17) is 14.2 Å². The van der Waals surface area contributed by atoms with Crippen molar-refractivity contribution in [1.82, 2.24) is 0 Å². The molecule has 0 spiro atoms. The fourth-order valence-corrected chi connectivity index (χ4v) is 3.29. The van der Waals surface area contributed by atoms with Crippen molar-refractivity contribution in [3.05, 3.63) is 24.3 Å². The SMILES string of the molecule is COC(=O)/C=C/[C@@]12C=C[C@@H](C[C@H]1OC(C)=O)C(OC)(OC)C2=O. The molecule has 3 aliphatic carbocycles. The Morgan fingerprint density at radius 1 is 1.26 bits per heavy atom. The summed E-state index contributed by atoms with van der Waals surface area (Å²) in [5.74, 6) is -3.39. The number of methoxy groups -OCH3 is 3. The molecule has 0 aromatic heterocycles. The molecule has 3 rings (SSSR count). The number of Topliss-reactive ketones (excluding diaryl/α,β-unsaturated/α-hetero) is 1. The molecule has 3 atom stereocenters. The van der Waals surface area contributed by atoms with Gasteiger partial charge in [-0.3, -0.25) is 9.59 Å². The smallest absolute Gasteiger partial charge is 0.330 e. The molecular weight excluding hydrogens is 304 g/mol. The monoisotopic (exact) mass is 324 g/mol. The molecule has 0 radical (unpaired) electrons. The van der Waals surface area contributed by atoms with Crippen LogP contribution < -0.4 is 0 Å². The lowest BCUT2D eigenvalue weighted by Gasteiger charge is -2.52. The maximum Gasteiger partial charge on any atom is 0.330 e. The Kier molecular flexibility index (Phi) is 4.72. The Morgan fingerprint density at radius 2 is 1.91 bits per heavy atom. The number of carbonyl (C=O) groups excluding carboxylic acids is 3. The van der Waals surface area contributed by atoms with Crippen LogP contribution >= 0.6 is 0 Å². The van der Waals surface area contributed by atoms with Crippen molar-refractivity contribution in [2.45, 2.75) is 25.2 Å². The highest BCUT2D eigenvalue weighted by molar-refractivity contribution is 5.99. The molecule has 0 aromatic carbocycles. The fraction of sp³-hybridized carbons (Fsp3) is 0.562. The number of ketones is 1. The van der Waals surface area contributed by atoms with Crippen LogP contribution in [-0.4, -0.2) is 50.9 Å². The lowest BCUT2D eigenvalue weighted by atomic mass is 9.59. The Bertz CT molecular complexity index is 573. The van der Waals surface area contributed by atoms with E-state index in [1.165, 1.54) is 34.3 Å². The van der Waals surface area contributed by atoms with E-state index in [0.717, 1.165) is 6.08 Å². The first-order valence-electron chi connectivity index (χ1n) is 7.15. The van der Waals surface area contributed by atoms with E-state index in [-0.39, 0.29) is 5.92 Å². The molecular formula is C16H20O7. The standard InChI is InChI=1S/C16H20O7/c1-10(17)23-12-9-11-5-7-15(12,8-6-13(18)20-2)14(19)16(11,21-3)22-4/h5-8,11-12H,9H2,1-4H3/b8-6+/t11-,12+,15-/m0/s1. The minimum Gasteiger partial charge on any atom is -0.466 e. The van der Waals surface area contributed by atoms with E-state index in [1.807, 2.05) is 0 Å². The lowest BCUT2D eigenvalue weighted by Crippen LogP contribution is -2.65. The van der Waals surface area contributed by atoms with Crippen molar-refractivity contribution in [1.29, 1.82) is 0 Å². The summed E-state index contributed by atoms with van der Waals surface area (Å²) in [4.78, 5) is 35.9. The van der Waals surface area contributed by atoms with Gasteiger partial charge in [-0.05, 0) is 6.42 Å². The van der Waals surface area contributed by atoms with E-state index >= 15 is 0 Å². The third kappa shape index (κ3) is 2.60. The van der Waals surface area contributed by atoms with Gasteiger partial charge in [-0.1, -0.05) is 18.2 Å². The second-order valence-electron chi connectivity index (χ2n) is 5.49. The quantitative estimate of drug-likeness (QED) is 0.319. The molecule has 0 saturated heterocycles. The van der Waals surface area contributed by atoms with Gasteiger partial charge in [0, 0.05) is 33.1 Å². The summed E-state index contributed by atoms with van der Waals surface area (Å²) in [6, 6.07) is 0. The molecule has 3 aliphatic rings. The molecule has 126 valence electrons. The molecule has 0 amide bonds. The molecule has 0 aliphatic heterocycles. The summed E-state index contributed by atoms with van der Waals surface area (Å²) in [6.45, 7) is 1.27. The van der Waals surface area contributed by atoms with Gasteiger partial charge >= 0.3 is 11.9 Å². The van der Waals surface area contributed by atoms with E-state index in [1.54, 1.807) is 12.2 Å². The van der Waals surface area contributed by atoms with Crippen LogP contribution in [0.3, 0.4) is 0 Å². The van der Waals surface area contributed by atoms with Gasteiger partial charge in [0.2, 0.25) is 11.6 Å². The largest absolute Gasteiger partial charge is 0.466 e. The highest BCUT2D eigenvalue weighted by atomic mass is 16.7. The van der Waals surface area contributed by atoms with Crippen LogP contribution in [0.5, 0.6) is 0 Å². The Morgan fingerprint density at radius 3 is 2.43 bits per heavy atom. The van der Waals surface area contributed by atoms with Crippen molar-refractivity contribution >= 4 is 17.7 Å². The van der Waals surface area contributed by atoms with Gasteiger partial charge in [0.05, 0.1) is 7.11 Å². The molecule has 7 heteroatoms. The Hall–Kier alpha value is -1.99.